The normalized spacial score (nSPS) is 11.7. The second-order valence-electron chi connectivity index (χ2n) is 6.79. The van der Waals surface area contributed by atoms with Crippen molar-refractivity contribution < 1.29 is 9.59 Å². The van der Waals surface area contributed by atoms with Gasteiger partial charge in [-0.05, 0) is 37.8 Å². The molecule has 0 saturated heterocycles. The smallest absolute Gasteiger partial charge is 0.178 e. The lowest BCUT2D eigenvalue weighted by atomic mass is 10.0. The van der Waals surface area contributed by atoms with Crippen LogP contribution < -0.4 is 0 Å². The second kappa shape index (κ2) is 19.6. The van der Waals surface area contributed by atoms with Crippen LogP contribution in [0.4, 0.5) is 0 Å². The molecule has 0 fully saturated rings. The maximum Gasteiger partial charge on any atom is 0.178 e. The van der Waals surface area contributed by atoms with E-state index >= 15 is 0 Å². The largest absolute Gasteiger partial charge is 0.300 e. The molecule has 0 aliphatic heterocycles. The van der Waals surface area contributed by atoms with Gasteiger partial charge in [0.25, 0.3) is 0 Å². The monoisotopic (exact) mass is 358 g/mol. The molecule has 0 aromatic rings. The van der Waals surface area contributed by atoms with E-state index < -0.39 is 0 Å². The van der Waals surface area contributed by atoms with Crippen LogP contribution in [0.3, 0.4) is 0 Å². The van der Waals surface area contributed by atoms with Gasteiger partial charge in [-0.2, -0.15) is 0 Å². The summed E-state index contributed by atoms with van der Waals surface area (Å²) in [5, 5.41) is 0. The van der Waals surface area contributed by atoms with Gasteiger partial charge in [-0.1, -0.05) is 88.8 Å². The van der Waals surface area contributed by atoms with Crippen molar-refractivity contribution in [1.29, 1.82) is 0 Å². The van der Waals surface area contributed by atoms with Gasteiger partial charge < -0.3 is 0 Å². The van der Waals surface area contributed by atoms with Crippen molar-refractivity contribution in [3.05, 3.63) is 49.1 Å². The molecular weight excluding hydrogens is 320 g/mol. The quantitative estimate of drug-likeness (QED) is 0.149. The fourth-order valence-corrected chi connectivity index (χ4v) is 2.69. The van der Waals surface area contributed by atoms with Crippen LogP contribution >= 0.6 is 0 Å². The predicted octanol–water partition coefficient (Wildman–Crippen LogP) is 7.07. The van der Waals surface area contributed by atoms with Gasteiger partial charge in [0.2, 0.25) is 0 Å². The van der Waals surface area contributed by atoms with Gasteiger partial charge >= 0.3 is 0 Å². The summed E-state index contributed by atoms with van der Waals surface area (Å²) in [6.45, 7) is 5.64. The molecule has 0 aliphatic rings. The molecule has 0 unspecified atom stereocenters. The number of carbonyl (C=O) groups excluding carboxylic acids is 2. The lowest BCUT2D eigenvalue weighted by Gasteiger charge is -2.02. The third kappa shape index (κ3) is 18.6. The highest BCUT2D eigenvalue weighted by Crippen LogP contribution is 2.11. The first kappa shape index (κ1) is 24.3. The summed E-state index contributed by atoms with van der Waals surface area (Å²) < 4.78 is 0. The number of unbranched alkanes of at least 4 members (excludes halogenated alkanes) is 9. The van der Waals surface area contributed by atoms with Crippen LogP contribution in [0.2, 0.25) is 0 Å². The molecule has 0 N–H and O–H groups in total. The maximum absolute atomic E-state index is 11.8. The van der Waals surface area contributed by atoms with Gasteiger partial charge in [0, 0.05) is 12.8 Å². The summed E-state index contributed by atoms with van der Waals surface area (Å²) in [4.78, 5) is 22.7. The molecule has 0 radical (unpaired) electrons. The van der Waals surface area contributed by atoms with Crippen molar-refractivity contribution in [1.82, 2.24) is 0 Å². The molecule has 0 atom stereocenters. The van der Waals surface area contributed by atoms with E-state index in [1.165, 1.54) is 57.1 Å². The summed E-state index contributed by atoms with van der Waals surface area (Å²) >= 11 is 0. The molecule has 0 aliphatic carbocycles. The van der Waals surface area contributed by atoms with Gasteiger partial charge in [-0.25, -0.2) is 0 Å². The number of rotatable bonds is 18. The average Bonchev–Trinajstić information content (AvgIpc) is 2.65. The Morgan fingerprint density at radius 1 is 0.731 bits per heavy atom. The van der Waals surface area contributed by atoms with Crippen LogP contribution in [0.15, 0.2) is 49.1 Å². The molecule has 2 heteroatoms. The fourth-order valence-electron chi connectivity index (χ4n) is 2.69. The van der Waals surface area contributed by atoms with Crippen LogP contribution in [-0.4, -0.2) is 11.6 Å². The molecule has 0 heterocycles. The van der Waals surface area contributed by atoms with Crippen LogP contribution in [0, 0.1) is 0 Å². The lowest BCUT2D eigenvalue weighted by Crippen LogP contribution is -1.97. The molecule has 146 valence electrons. The minimum Gasteiger partial charge on any atom is -0.300 e. The summed E-state index contributed by atoms with van der Waals surface area (Å²) in [6.07, 6.45) is 27.1. The van der Waals surface area contributed by atoms with Gasteiger partial charge in [0.15, 0.2) is 5.78 Å². The summed E-state index contributed by atoms with van der Waals surface area (Å²) in [5.41, 5.74) is 0. The first-order valence-electron chi connectivity index (χ1n) is 10.4. The molecule has 2 nitrogen and oxygen atoms in total. The molecule has 0 aromatic carbocycles. The molecular formula is C24H38O2. The topological polar surface area (TPSA) is 34.1 Å². The number of hydrogen-bond donors (Lipinski definition) is 0. The highest BCUT2D eigenvalue weighted by atomic mass is 16.1. The van der Waals surface area contributed by atoms with Gasteiger partial charge in [0.1, 0.15) is 5.78 Å². The molecule has 0 rings (SSSR count). The first-order valence-corrected chi connectivity index (χ1v) is 10.4. The van der Waals surface area contributed by atoms with Crippen LogP contribution in [-0.2, 0) is 9.59 Å². The Balaban J connectivity index is 3.41. The Bertz CT molecular complexity index is 455. The third-order valence-corrected chi connectivity index (χ3v) is 4.32. The van der Waals surface area contributed by atoms with E-state index in [4.69, 9.17) is 0 Å². The SMILES string of the molecule is C=CC(=O)/C=C/C=C/C=C/CCCCCCC(=O)CCCCCCCC. The number of hydrogen-bond acceptors (Lipinski definition) is 2. The van der Waals surface area contributed by atoms with Crippen LogP contribution in [0.25, 0.3) is 0 Å². The van der Waals surface area contributed by atoms with E-state index in [-0.39, 0.29) is 5.78 Å². The molecule has 0 saturated carbocycles. The van der Waals surface area contributed by atoms with E-state index in [9.17, 15) is 9.59 Å². The first-order chi connectivity index (χ1) is 12.7. The molecule has 0 bridgehead atoms. The molecule has 26 heavy (non-hydrogen) atoms. The lowest BCUT2D eigenvalue weighted by molar-refractivity contribution is -0.119. The fraction of sp³-hybridized carbons (Fsp3) is 0.583. The van der Waals surface area contributed by atoms with Crippen molar-refractivity contribution in [2.75, 3.05) is 0 Å². The molecule has 0 amide bonds. The minimum absolute atomic E-state index is 0.0796. The van der Waals surface area contributed by atoms with Gasteiger partial charge in [0.05, 0.1) is 0 Å². The van der Waals surface area contributed by atoms with Crippen molar-refractivity contribution in [3.63, 3.8) is 0 Å². The zero-order chi connectivity index (χ0) is 19.3. The number of allylic oxidation sites excluding steroid dienone is 7. The number of Topliss-reactive ketones (excluding diaryl/α,β-unsaturated/α-hetero) is 1. The van der Waals surface area contributed by atoms with E-state index in [1.807, 2.05) is 18.2 Å². The Morgan fingerprint density at radius 3 is 1.96 bits per heavy atom. The van der Waals surface area contributed by atoms with Crippen molar-refractivity contribution in [2.45, 2.75) is 90.4 Å². The Hall–Kier alpha value is -1.70. The minimum atomic E-state index is -0.0796. The van der Waals surface area contributed by atoms with Gasteiger partial charge in [-0.15, -0.1) is 0 Å². The van der Waals surface area contributed by atoms with Gasteiger partial charge in [-0.3, -0.25) is 9.59 Å². The standard InChI is InChI=1S/C24H38O2/c1-3-5-6-7-14-18-21-24(26)22-19-16-13-11-9-8-10-12-15-17-20-23(25)4-2/h4,8,10,12,15,17,20H,2-3,5-7,9,11,13-14,16,18-19,21-22H2,1H3/b10-8+,15-12+,20-17+. The van der Waals surface area contributed by atoms with E-state index in [0.717, 1.165) is 38.5 Å². The predicted molar refractivity (Wildman–Crippen MR) is 113 cm³/mol. The number of carbonyl (C=O) groups is 2. The highest BCUT2D eigenvalue weighted by molar-refractivity contribution is 5.98. The molecule has 0 aromatic heterocycles. The average molecular weight is 359 g/mol. The zero-order valence-electron chi connectivity index (χ0n) is 16.8. The Labute approximate surface area is 161 Å². The van der Waals surface area contributed by atoms with Crippen molar-refractivity contribution >= 4 is 11.6 Å². The maximum atomic E-state index is 11.8. The summed E-state index contributed by atoms with van der Waals surface area (Å²) in [6, 6.07) is 0. The summed E-state index contributed by atoms with van der Waals surface area (Å²) in [5.74, 6) is 0.373. The number of ketones is 2. The Kier molecular flexibility index (Phi) is 18.3. The van der Waals surface area contributed by atoms with E-state index in [1.54, 1.807) is 6.08 Å². The zero-order valence-corrected chi connectivity index (χ0v) is 16.8. The molecule has 0 spiro atoms. The summed E-state index contributed by atoms with van der Waals surface area (Å²) in [7, 11) is 0. The van der Waals surface area contributed by atoms with Crippen molar-refractivity contribution in [3.8, 4) is 0 Å². The second-order valence-corrected chi connectivity index (χ2v) is 6.79. The van der Waals surface area contributed by atoms with E-state index in [0.29, 0.717) is 5.78 Å². The van der Waals surface area contributed by atoms with E-state index in [2.05, 4.69) is 19.6 Å². The Morgan fingerprint density at radius 2 is 1.31 bits per heavy atom. The third-order valence-electron chi connectivity index (χ3n) is 4.32. The highest BCUT2D eigenvalue weighted by Gasteiger charge is 2.01. The van der Waals surface area contributed by atoms with Crippen LogP contribution in [0.1, 0.15) is 90.4 Å². The van der Waals surface area contributed by atoms with Crippen molar-refractivity contribution in [2.24, 2.45) is 0 Å². The van der Waals surface area contributed by atoms with Crippen LogP contribution in [0.5, 0.6) is 0 Å².